The van der Waals surface area contributed by atoms with Crippen molar-refractivity contribution in [2.75, 3.05) is 0 Å². The summed E-state index contributed by atoms with van der Waals surface area (Å²) in [5, 5.41) is 10.1. The smallest absolute Gasteiger partial charge is 0.543 e. The second kappa shape index (κ2) is 4.46. The maximum atomic E-state index is 12.5. The molecule has 0 aliphatic heterocycles. The maximum Gasteiger partial charge on any atom is 1.00 e. The summed E-state index contributed by atoms with van der Waals surface area (Å²) in [6.45, 7) is 0. The van der Waals surface area contributed by atoms with Crippen LogP contribution in [0.4, 0.5) is 4.39 Å². The molecular formula is C6H2ClFLiNO2. The minimum Gasteiger partial charge on any atom is -0.543 e. The summed E-state index contributed by atoms with van der Waals surface area (Å²) >= 11 is 5.31. The van der Waals surface area contributed by atoms with E-state index >= 15 is 0 Å². The number of hydrogen-bond donors (Lipinski definition) is 0. The fraction of sp³-hybridized carbons (Fsp3) is 0. The first kappa shape index (κ1) is 11.4. The summed E-state index contributed by atoms with van der Waals surface area (Å²) in [5.74, 6) is -2.64. The fourth-order valence-corrected chi connectivity index (χ4v) is 0.709. The Balaban J connectivity index is 0.00000121. The first-order valence-electron chi connectivity index (χ1n) is 2.63. The van der Waals surface area contributed by atoms with Gasteiger partial charge in [-0.1, -0.05) is 11.6 Å². The Hall–Kier alpha value is -0.563. The minimum atomic E-state index is -1.65. The zero-order chi connectivity index (χ0) is 8.43. The Labute approximate surface area is 84.7 Å². The topological polar surface area (TPSA) is 53.0 Å². The van der Waals surface area contributed by atoms with Crippen LogP contribution in [0.1, 0.15) is 10.5 Å². The zero-order valence-electron chi connectivity index (χ0n) is 6.17. The van der Waals surface area contributed by atoms with E-state index in [9.17, 15) is 14.3 Å². The Bertz CT molecular complexity index is 308. The van der Waals surface area contributed by atoms with Crippen LogP contribution in [0.25, 0.3) is 0 Å². The summed E-state index contributed by atoms with van der Waals surface area (Å²) < 4.78 is 12.5. The molecule has 0 aromatic carbocycles. The number of pyridine rings is 1. The van der Waals surface area contributed by atoms with Crippen molar-refractivity contribution in [3.8, 4) is 0 Å². The van der Waals surface area contributed by atoms with Gasteiger partial charge in [0, 0.05) is 6.20 Å². The molecular weight excluding hydrogens is 179 g/mol. The van der Waals surface area contributed by atoms with E-state index < -0.39 is 17.5 Å². The quantitative estimate of drug-likeness (QED) is 0.441. The van der Waals surface area contributed by atoms with Gasteiger partial charge in [0.15, 0.2) is 5.82 Å². The molecule has 0 spiro atoms. The van der Waals surface area contributed by atoms with Gasteiger partial charge in [0.2, 0.25) is 0 Å². The van der Waals surface area contributed by atoms with Gasteiger partial charge in [-0.2, -0.15) is 0 Å². The molecule has 58 valence electrons. The summed E-state index contributed by atoms with van der Waals surface area (Å²) in [5.41, 5.74) is -0.727. The molecule has 1 aromatic rings. The summed E-state index contributed by atoms with van der Waals surface area (Å²) in [7, 11) is 0. The number of carboxylic acids is 1. The Morgan fingerprint density at radius 3 is 2.67 bits per heavy atom. The Morgan fingerprint density at radius 1 is 1.67 bits per heavy atom. The number of rotatable bonds is 1. The average molecular weight is 181 g/mol. The van der Waals surface area contributed by atoms with Gasteiger partial charge < -0.3 is 9.90 Å². The van der Waals surface area contributed by atoms with E-state index in [0.29, 0.717) is 0 Å². The Morgan fingerprint density at radius 2 is 2.25 bits per heavy atom. The molecule has 0 aliphatic rings. The molecule has 0 amide bonds. The summed E-state index contributed by atoms with van der Waals surface area (Å²) in [6, 6.07) is 0.861. The molecule has 0 atom stereocenters. The van der Waals surface area contributed by atoms with E-state index in [1.165, 1.54) is 0 Å². The number of halogens is 2. The molecule has 3 nitrogen and oxygen atoms in total. The van der Waals surface area contributed by atoms with Gasteiger partial charge in [-0.15, -0.1) is 0 Å². The van der Waals surface area contributed by atoms with Crippen molar-refractivity contribution in [2.45, 2.75) is 0 Å². The van der Waals surface area contributed by atoms with Crippen molar-refractivity contribution < 1.29 is 33.2 Å². The first-order chi connectivity index (χ1) is 5.11. The Kier molecular flexibility index (Phi) is 4.25. The summed E-state index contributed by atoms with van der Waals surface area (Å²) in [4.78, 5) is 13.3. The molecule has 1 heterocycles. The van der Waals surface area contributed by atoms with Crippen molar-refractivity contribution in [2.24, 2.45) is 0 Å². The van der Waals surface area contributed by atoms with Crippen molar-refractivity contribution in [1.82, 2.24) is 4.98 Å². The fourth-order valence-electron chi connectivity index (χ4n) is 0.565. The third-order valence-corrected chi connectivity index (χ3v) is 1.21. The molecule has 0 fully saturated rings. The predicted molar refractivity (Wildman–Crippen MR) is 33.5 cm³/mol. The van der Waals surface area contributed by atoms with E-state index in [2.05, 4.69) is 4.98 Å². The number of aromatic carboxylic acids is 1. The minimum absolute atomic E-state index is 0. The number of hydrogen-bond acceptors (Lipinski definition) is 3. The SMILES string of the molecule is O=C([O-])c1ncc(Cl)cc1F.[Li+]. The molecule has 0 aliphatic carbocycles. The van der Waals surface area contributed by atoms with Crippen molar-refractivity contribution in [3.05, 3.63) is 28.8 Å². The molecule has 1 aromatic heterocycles. The maximum absolute atomic E-state index is 12.5. The van der Waals surface area contributed by atoms with Crippen molar-refractivity contribution >= 4 is 17.6 Å². The van der Waals surface area contributed by atoms with Crippen LogP contribution in [-0.4, -0.2) is 11.0 Å². The van der Waals surface area contributed by atoms with Crippen LogP contribution in [0.2, 0.25) is 5.02 Å². The van der Waals surface area contributed by atoms with Crippen LogP contribution >= 0.6 is 11.6 Å². The molecule has 6 heteroatoms. The van der Waals surface area contributed by atoms with E-state index in [4.69, 9.17) is 11.6 Å². The van der Waals surface area contributed by atoms with Crippen LogP contribution in [0, 0.1) is 5.82 Å². The van der Waals surface area contributed by atoms with Gasteiger partial charge >= 0.3 is 18.9 Å². The second-order valence-corrected chi connectivity index (χ2v) is 2.21. The second-order valence-electron chi connectivity index (χ2n) is 1.77. The number of nitrogens with zero attached hydrogens (tertiary/aromatic N) is 1. The van der Waals surface area contributed by atoms with E-state index in [1.54, 1.807) is 0 Å². The molecule has 0 saturated carbocycles. The molecule has 0 N–H and O–H groups in total. The molecule has 12 heavy (non-hydrogen) atoms. The largest absolute Gasteiger partial charge is 1.00 e. The van der Waals surface area contributed by atoms with Gasteiger partial charge in [0.1, 0.15) is 5.69 Å². The third-order valence-electron chi connectivity index (χ3n) is 1.00. The average Bonchev–Trinajstić information content (AvgIpc) is 1.85. The standard InChI is InChI=1S/C6H3ClFNO2.Li/c7-3-1-4(8)5(6(10)11)9-2-3;/h1-2H,(H,10,11);/q;+1/p-1. The first-order valence-corrected chi connectivity index (χ1v) is 3.01. The van der Waals surface area contributed by atoms with E-state index in [0.717, 1.165) is 12.3 Å². The van der Waals surface area contributed by atoms with Crippen LogP contribution in [0.5, 0.6) is 0 Å². The molecule has 0 radical (unpaired) electrons. The van der Waals surface area contributed by atoms with Gasteiger partial charge in [-0.05, 0) is 6.07 Å². The molecule has 0 saturated heterocycles. The monoisotopic (exact) mass is 181 g/mol. The van der Waals surface area contributed by atoms with Gasteiger partial charge in [-0.25, -0.2) is 4.39 Å². The third kappa shape index (κ3) is 2.49. The molecule has 1 rings (SSSR count). The van der Waals surface area contributed by atoms with E-state index in [1.807, 2.05) is 0 Å². The van der Waals surface area contributed by atoms with Crippen LogP contribution in [0.15, 0.2) is 12.3 Å². The van der Waals surface area contributed by atoms with E-state index in [-0.39, 0.29) is 23.9 Å². The zero-order valence-corrected chi connectivity index (χ0v) is 6.93. The van der Waals surface area contributed by atoms with Gasteiger partial charge in [0.05, 0.1) is 11.0 Å². The number of carboxylic acid groups (broad SMARTS) is 1. The number of aromatic nitrogens is 1. The van der Waals surface area contributed by atoms with Gasteiger partial charge in [0.25, 0.3) is 0 Å². The van der Waals surface area contributed by atoms with Crippen molar-refractivity contribution in [1.29, 1.82) is 0 Å². The van der Waals surface area contributed by atoms with Crippen LogP contribution < -0.4 is 24.0 Å². The van der Waals surface area contributed by atoms with Crippen LogP contribution in [0.3, 0.4) is 0 Å². The molecule has 0 bridgehead atoms. The van der Waals surface area contributed by atoms with Crippen LogP contribution in [-0.2, 0) is 0 Å². The van der Waals surface area contributed by atoms with Crippen molar-refractivity contribution in [3.63, 3.8) is 0 Å². The molecule has 0 unspecified atom stereocenters. The summed E-state index contributed by atoms with van der Waals surface area (Å²) in [6.07, 6.45) is 1.04. The number of carbonyl (C=O) groups is 1. The number of carbonyl (C=O) groups excluding carboxylic acids is 1. The normalized spacial score (nSPS) is 8.83. The van der Waals surface area contributed by atoms with Gasteiger partial charge in [-0.3, -0.25) is 4.98 Å². The predicted octanol–water partition coefficient (Wildman–Crippen LogP) is -2.76.